The smallest absolute Gasteiger partial charge is 0.315 e. The van der Waals surface area contributed by atoms with Gasteiger partial charge in [-0.15, -0.1) is 0 Å². The Kier molecular flexibility index (Phi) is 6.13. The van der Waals surface area contributed by atoms with Crippen molar-refractivity contribution in [2.24, 2.45) is 0 Å². The van der Waals surface area contributed by atoms with Crippen molar-refractivity contribution < 1.29 is 27.2 Å². The summed E-state index contributed by atoms with van der Waals surface area (Å²) in [5.41, 5.74) is 0.766. The molecule has 0 spiro atoms. The van der Waals surface area contributed by atoms with E-state index in [1.807, 2.05) is 0 Å². The average Bonchev–Trinajstić information content (AvgIpc) is 3.20. The van der Waals surface area contributed by atoms with Crippen LogP contribution in [0.15, 0.2) is 57.9 Å². The van der Waals surface area contributed by atoms with Crippen molar-refractivity contribution in [1.29, 1.82) is 0 Å². The lowest BCUT2D eigenvalue weighted by Crippen LogP contribution is -2.23. The number of rotatable bonds is 8. The molecule has 29 heavy (non-hydrogen) atoms. The zero-order valence-corrected chi connectivity index (χ0v) is 16.6. The number of amides is 1. The van der Waals surface area contributed by atoms with Crippen molar-refractivity contribution in [3.63, 3.8) is 0 Å². The van der Waals surface area contributed by atoms with Gasteiger partial charge < -0.3 is 19.3 Å². The normalized spacial score (nSPS) is 11.1. The van der Waals surface area contributed by atoms with E-state index in [0.29, 0.717) is 11.5 Å². The molecule has 0 aliphatic rings. The number of sulfone groups is 1. The Labute approximate surface area is 167 Å². The van der Waals surface area contributed by atoms with E-state index in [1.165, 1.54) is 26.4 Å². The van der Waals surface area contributed by atoms with Crippen molar-refractivity contribution in [2.75, 3.05) is 14.2 Å². The molecule has 9 nitrogen and oxygen atoms in total. The van der Waals surface area contributed by atoms with Gasteiger partial charge in [0.15, 0.2) is 27.2 Å². The van der Waals surface area contributed by atoms with Gasteiger partial charge in [-0.25, -0.2) is 8.42 Å². The van der Waals surface area contributed by atoms with Crippen LogP contribution in [0.2, 0.25) is 0 Å². The quantitative estimate of drug-likeness (QED) is 0.591. The van der Waals surface area contributed by atoms with Crippen LogP contribution in [-0.2, 0) is 22.1 Å². The largest absolute Gasteiger partial charge is 0.493 e. The van der Waals surface area contributed by atoms with Gasteiger partial charge in [0.05, 0.1) is 19.1 Å². The maximum absolute atomic E-state index is 12.4. The Hall–Kier alpha value is -3.40. The third kappa shape index (κ3) is 4.91. The van der Waals surface area contributed by atoms with Crippen LogP contribution in [-0.4, -0.2) is 38.7 Å². The summed E-state index contributed by atoms with van der Waals surface area (Å²) < 4.78 is 40.0. The number of nitrogens with one attached hydrogen (secondary N) is 1. The van der Waals surface area contributed by atoms with Gasteiger partial charge in [-0.1, -0.05) is 29.4 Å². The van der Waals surface area contributed by atoms with Gasteiger partial charge in [0.2, 0.25) is 0 Å². The Morgan fingerprint density at radius 2 is 1.79 bits per heavy atom. The number of methoxy groups -OCH3 is 2. The maximum Gasteiger partial charge on any atom is 0.315 e. The minimum atomic E-state index is -3.64. The van der Waals surface area contributed by atoms with Gasteiger partial charge in [-0.05, 0) is 29.8 Å². The summed E-state index contributed by atoms with van der Waals surface area (Å²) in [6.45, 7) is 0.180. The lowest BCUT2D eigenvalue weighted by atomic mass is 10.2. The second kappa shape index (κ2) is 8.74. The molecule has 0 saturated heterocycles. The van der Waals surface area contributed by atoms with Crippen LogP contribution < -0.4 is 14.8 Å². The molecule has 0 bridgehead atoms. The zero-order chi connectivity index (χ0) is 20.9. The number of ether oxygens (including phenoxy) is 2. The van der Waals surface area contributed by atoms with Crippen LogP contribution in [0.25, 0.3) is 0 Å². The fraction of sp³-hybridized carbons (Fsp3) is 0.211. The van der Waals surface area contributed by atoms with Crippen molar-refractivity contribution in [2.45, 2.75) is 17.2 Å². The molecular weight excluding hydrogens is 398 g/mol. The van der Waals surface area contributed by atoms with Crippen LogP contribution in [0, 0.1) is 0 Å². The van der Waals surface area contributed by atoms with E-state index >= 15 is 0 Å². The monoisotopic (exact) mass is 417 g/mol. The molecule has 1 aromatic heterocycles. The average molecular weight is 417 g/mol. The van der Waals surface area contributed by atoms with E-state index < -0.39 is 21.5 Å². The molecule has 0 aliphatic carbocycles. The summed E-state index contributed by atoms with van der Waals surface area (Å²) in [6.07, 6.45) is 0. The molecule has 1 amide bonds. The first-order valence-corrected chi connectivity index (χ1v) is 10.2. The van der Waals surface area contributed by atoms with Crippen LogP contribution in [0.1, 0.15) is 22.1 Å². The van der Waals surface area contributed by atoms with E-state index in [9.17, 15) is 13.2 Å². The van der Waals surface area contributed by atoms with Crippen LogP contribution in [0.5, 0.6) is 11.5 Å². The van der Waals surface area contributed by atoms with Crippen molar-refractivity contribution in [3.8, 4) is 11.5 Å². The molecule has 152 valence electrons. The van der Waals surface area contributed by atoms with E-state index in [1.54, 1.807) is 36.4 Å². The first kappa shape index (κ1) is 20.3. The summed E-state index contributed by atoms with van der Waals surface area (Å²) in [6, 6.07) is 13.1. The number of carbonyl (C=O) groups excluding carboxylic acids is 1. The van der Waals surface area contributed by atoms with E-state index in [4.69, 9.17) is 14.0 Å². The Balaban J connectivity index is 1.64. The van der Waals surface area contributed by atoms with Crippen molar-refractivity contribution >= 4 is 15.7 Å². The van der Waals surface area contributed by atoms with Crippen molar-refractivity contribution in [1.82, 2.24) is 15.5 Å². The molecule has 1 heterocycles. The Morgan fingerprint density at radius 1 is 1.07 bits per heavy atom. The number of benzene rings is 2. The summed E-state index contributed by atoms with van der Waals surface area (Å²) >= 11 is 0. The molecule has 10 heteroatoms. The van der Waals surface area contributed by atoms with Gasteiger partial charge >= 0.3 is 11.8 Å². The molecule has 0 fully saturated rings. The minimum absolute atomic E-state index is 0.0925. The number of nitrogens with zero attached hydrogens (tertiary/aromatic N) is 2. The van der Waals surface area contributed by atoms with Crippen LogP contribution in [0.4, 0.5) is 0 Å². The van der Waals surface area contributed by atoms with Crippen LogP contribution >= 0.6 is 0 Å². The Bertz CT molecular complexity index is 1100. The number of hydrogen-bond acceptors (Lipinski definition) is 8. The van der Waals surface area contributed by atoms with Gasteiger partial charge in [0.25, 0.3) is 0 Å². The van der Waals surface area contributed by atoms with E-state index in [-0.39, 0.29) is 23.2 Å². The predicted molar refractivity (Wildman–Crippen MR) is 102 cm³/mol. The molecule has 0 saturated carbocycles. The predicted octanol–water partition coefficient (Wildman–Crippen LogP) is 1.99. The SMILES string of the molecule is COc1ccc(CNC(=O)c2nc(CS(=O)(=O)c3ccccc3)no2)cc1OC. The highest BCUT2D eigenvalue weighted by Gasteiger charge is 2.21. The number of hydrogen-bond donors (Lipinski definition) is 1. The minimum Gasteiger partial charge on any atom is -0.493 e. The number of carbonyl (C=O) groups is 1. The second-order valence-corrected chi connectivity index (χ2v) is 7.95. The van der Waals surface area contributed by atoms with Gasteiger partial charge in [0, 0.05) is 6.54 Å². The molecule has 0 unspecified atom stereocenters. The molecule has 3 rings (SSSR count). The first-order chi connectivity index (χ1) is 13.9. The fourth-order valence-electron chi connectivity index (χ4n) is 2.53. The molecule has 0 radical (unpaired) electrons. The lowest BCUT2D eigenvalue weighted by molar-refractivity contribution is 0.0907. The van der Waals surface area contributed by atoms with Crippen LogP contribution in [0.3, 0.4) is 0 Å². The summed E-state index contributed by atoms with van der Waals surface area (Å²) in [5, 5.41) is 6.22. The third-order valence-electron chi connectivity index (χ3n) is 3.98. The molecule has 2 aromatic carbocycles. The maximum atomic E-state index is 12.4. The lowest BCUT2D eigenvalue weighted by Gasteiger charge is -2.09. The zero-order valence-electron chi connectivity index (χ0n) is 15.8. The number of aromatic nitrogens is 2. The van der Waals surface area contributed by atoms with E-state index in [2.05, 4.69) is 15.5 Å². The third-order valence-corrected chi connectivity index (χ3v) is 5.61. The highest BCUT2D eigenvalue weighted by Crippen LogP contribution is 2.27. The highest BCUT2D eigenvalue weighted by atomic mass is 32.2. The molecule has 0 atom stereocenters. The van der Waals surface area contributed by atoms with E-state index in [0.717, 1.165) is 5.56 Å². The first-order valence-electron chi connectivity index (χ1n) is 8.52. The van der Waals surface area contributed by atoms with Crippen molar-refractivity contribution in [3.05, 3.63) is 65.8 Å². The molecule has 3 aromatic rings. The standard InChI is InChI=1S/C19H19N3O6S/c1-26-15-9-8-13(10-16(15)27-2)11-20-18(23)19-21-17(22-28-19)12-29(24,25)14-6-4-3-5-7-14/h3-10H,11-12H2,1-2H3,(H,20,23). The van der Waals surface area contributed by atoms with Gasteiger partial charge in [-0.2, -0.15) is 4.98 Å². The van der Waals surface area contributed by atoms with Gasteiger partial charge in [-0.3, -0.25) is 4.79 Å². The summed E-state index contributed by atoms with van der Waals surface area (Å²) in [5.74, 6) is -0.387. The van der Waals surface area contributed by atoms with Gasteiger partial charge in [0.1, 0.15) is 5.75 Å². The Morgan fingerprint density at radius 3 is 2.48 bits per heavy atom. The molecular formula is C19H19N3O6S. The topological polar surface area (TPSA) is 121 Å². The molecule has 1 N–H and O–H groups in total. The molecule has 0 aliphatic heterocycles. The second-order valence-electron chi connectivity index (χ2n) is 5.96. The fourth-order valence-corrected chi connectivity index (χ4v) is 3.73. The summed E-state index contributed by atoms with van der Waals surface area (Å²) in [7, 11) is -0.588. The highest BCUT2D eigenvalue weighted by molar-refractivity contribution is 7.90. The summed E-state index contributed by atoms with van der Waals surface area (Å²) in [4.78, 5) is 16.3.